The van der Waals surface area contributed by atoms with E-state index < -0.39 is 0 Å². The molecule has 0 atom stereocenters. The third-order valence-corrected chi connectivity index (χ3v) is 14.8. The van der Waals surface area contributed by atoms with E-state index >= 15 is 0 Å². The topological polar surface area (TPSA) is 43.2 Å². The fourth-order valence-electron chi connectivity index (χ4n) is 11.3. The van der Waals surface area contributed by atoms with Crippen molar-refractivity contribution in [1.82, 2.24) is 4.57 Å². The first-order chi connectivity index (χ1) is 31.1. The molecule has 1 aliphatic heterocycles. The van der Waals surface area contributed by atoms with Gasteiger partial charge in [-0.25, -0.2) is 0 Å². The highest BCUT2D eigenvalue weighted by Crippen LogP contribution is 2.53. The van der Waals surface area contributed by atoms with Crippen molar-refractivity contribution in [2.24, 2.45) is 0 Å². The van der Waals surface area contributed by atoms with Crippen LogP contribution in [0.2, 0.25) is 0 Å². The number of aromatic nitrogens is 1. The average Bonchev–Trinajstić information content (AvgIpc) is 3.99. The molecule has 0 unspecified atom stereocenters. The summed E-state index contributed by atoms with van der Waals surface area (Å²) in [4.78, 5) is 0. The molecule has 0 saturated heterocycles. The number of furan rings is 2. The van der Waals surface area contributed by atoms with Crippen LogP contribution >= 0.6 is 0 Å². The number of anilines is 2. The summed E-state index contributed by atoms with van der Waals surface area (Å²) in [6.45, 7) is 20.9. The molecule has 315 valence electrons. The van der Waals surface area contributed by atoms with Crippen LogP contribution in [0.3, 0.4) is 0 Å². The van der Waals surface area contributed by atoms with Crippen LogP contribution in [0.1, 0.15) is 83.2 Å². The van der Waals surface area contributed by atoms with Gasteiger partial charge in [0.15, 0.2) is 7.28 Å². The molecule has 0 spiro atoms. The second-order valence-corrected chi connectivity index (χ2v) is 21.4. The SMILES string of the molecule is Cc1cc(-c2cc3c(cc2Nc2ccc(C(C)(C)C)cc2)-c2ccc(C(C)(C)C)cc2C3(C)C)c2c3c1c1cc4c(cc1n3-c1cc3c(cc1[B]2)oc1ccccc13)oc1ccccc14. The summed E-state index contributed by atoms with van der Waals surface area (Å²) in [5.41, 5.74) is 23.1. The summed E-state index contributed by atoms with van der Waals surface area (Å²) >= 11 is 0. The summed E-state index contributed by atoms with van der Waals surface area (Å²) in [7, 11) is 2.42. The van der Waals surface area contributed by atoms with Gasteiger partial charge in [0.1, 0.15) is 22.3 Å². The third kappa shape index (κ3) is 5.45. The summed E-state index contributed by atoms with van der Waals surface area (Å²) < 4.78 is 15.7. The summed E-state index contributed by atoms with van der Waals surface area (Å²) in [5.74, 6) is 0. The Kier molecular flexibility index (Phi) is 7.61. The van der Waals surface area contributed by atoms with Crippen molar-refractivity contribution < 1.29 is 8.83 Å². The Morgan fingerprint density at radius 2 is 1.17 bits per heavy atom. The van der Waals surface area contributed by atoms with Crippen LogP contribution in [0, 0.1) is 6.92 Å². The number of fused-ring (bicyclic) bond motifs is 14. The fourth-order valence-corrected chi connectivity index (χ4v) is 11.3. The van der Waals surface area contributed by atoms with Gasteiger partial charge < -0.3 is 18.7 Å². The average molecular weight is 842 g/mol. The van der Waals surface area contributed by atoms with E-state index in [0.29, 0.717) is 0 Å². The lowest BCUT2D eigenvalue weighted by atomic mass is 9.58. The molecule has 5 heteroatoms. The van der Waals surface area contributed by atoms with E-state index in [1.165, 1.54) is 71.8 Å². The Bertz CT molecular complexity index is 3880. The minimum atomic E-state index is -0.209. The summed E-state index contributed by atoms with van der Waals surface area (Å²) in [6, 6.07) is 49.6. The molecular formula is C60H50BN2O2. The van der Waals surface area contributed by atoms with Gasteiger partial charge in [0.25, 0.3) is 0 Å². The molecule has 1 radical (unpaired) electrons. The van der Waals surface area contributed by atoms with Crippen molar-refractivity contribution in [3.8, 4) is 27.9 Å². The van der Waals surface area contributed by atoms with E-state index in [2.05, 4.69) is 207 Å². The van der Waals surface area contributed by atoms with E-state index in [1.54, 1.807) is 0 Å². The van der Waals surface area contributed by atoms with E-state index in [9.17, 15) is 0 Å². The largest absolute Gasteiger partial charge is 0.456 e. The van der Waals surface area contributed by atoms with Gasteiger partial charge in [0.2, 0.25) is 0 Å². The molecule has 0 amide bonds. The van der Waals surface area contributed by atoms with Gasteiger partial charge in [-0.05, 0) is 122 Å². The lowest BCUT2D eigenvalue weighted by Gasteiger charge is -2.27. The van der Waals surface area contributed by atoms with Crippen LogP contribution in [0.5, 0.6) is 0 Å². The summed E-state index contributed by atoms with van der Waals surface area (Å²) in [5, 5.41) is 11.0. The molecule has 13 rings (SSSR count). The predicted molar refractivity (Wildman–Crippen MR) is 275 cm³/mol. The number of aryl methyl sites for hydroxylation is 1. The van der Waals surface area contributed by atoms with Gasteiger partial charge in [0, 0.05) is 71.9 Å². The van der Waals surface area contributed by atoms with Crippen LogP contribution in [0.15, 0.2) is 142 Å². The lowest BCUT2D eigenvalue weighted by Crippen LogP contribution is -2.37. The van der Waals surface area contributed by atoms with Gasteiger partial charge in [-0.2, -0.15) is 0 Å². The number of hydrogen-bond donors (Lipinski definition) is 1. The van der Waals surface area contributed by atoms with Crippen LogP contribution < -0.4 is 16.2 Å². The fraction of sp³-hybridized carbons (Fsp3) is 0.200. The third-order valence-electron chi connectivity index (χ3n) is 14.8. The Morgan fingerprint density at radius 1 is 0.538 bits per heavy atom. The smallest absolute Gasteiger partial charge is 0.198 e. The Labute approximate surface area is 380 Å². The maximum atomic E-state index is 6.60. The van der Waals surface area contributed by atoms with Gasteiger partial charge in [-0.1, -0.05) is 134 Å². The number of nitrogens with zero attached hydrogens (tertiary/aromatic N) is 1. The van der Waals surface area contributed by atoms with Crippen LogP contribution in [-0.2, 0) is 16.2 Å². The first kappa shape index (κ1) is 38.5. The molecule has 3 aromatic heterocycles. The van der Waals surface area contributed by atoms with E-state index in [-0.39, 0.29) is 16.2 Å². The first-order valence-electron chi connectivity index (χ1n) is 23.1. The normalized spacial score (nSPS) is 14.2. The minimum Gasteiger partial charge on any atom is -0.456 e. The molecule has 1 N–H and O–H groups in total. The highest BCUT2D eigenvalue weighted by molar-refractivity contribution is 6.74. The molecule has 65 heavy (non-hydrogen) atoms. The van der Waals surface area contributed by atoms with Crippen LogP contribution in [0.4, 0.5) is 11.4 Å². The van der Waals surface area contributed by atoms with Crippen molar-refractivity contribution in [3.63, 3.8) is 0 Å². The number of rotatable bonds is 3. The van der Waals surface area contributed by atoms with Crippen molar-refractivity contribution in [2.75, 3.05) is 5.32 Å². The van der Waals surface area contributed by atoms with E-state index in [1.807, 2.05) is 6.07 Å². The molecule has 8 aromatic carbocycles. The zero-order valence-corrected chi connectivity index (χ0v) is 38.5. The van der Waals surface area contributed by atoms with Gasteiger partial charge in [-0.3, -0.25) is 0 Å². The number of para-hydroxylation sites is 2. The number of benzene rings is 8. The number of nitrogens with one attached hydrogen (secondary N) is 1. The zero-order chi connectivity index (χ0) is 44.5. The predicted octanol–water partition coefficient (Wildman–Crippen LogP) is 15.2. The maximum Gasteiger partial charge on any atom is 0.198 e. The molecular weight excluding hydrogens is 791 g/mol. The Hall–Kier alpha value is -6.98. The van der Waals surface area contributed by atoms with E-state index in [4.69, 9.17) is 8.83 Å². The van der Waals surface area contributed by atoms with Gasteiger partial charge in [-0.15, -0.1) is 0 Å². The molecule has 1 aliphatic carbocycles. The Balaban J connectivity index is 1.11. The molecule has 2 aliphatic rings. The monoisotopic (exact) mass is 841 g/mol. The summed E-state index contributed by atoms with van der Waals surface area (Å²) in [6.07, 6.45) is 0. The standard InChI is InChI=1S/C60H50BN2O2/c1-32-24-43(40-27-46-39(28-48(40)62-35-21-18-33(19-22-35)58(2,3)4)36-23-20-34(59(5,6)7)25-45(36)60(46,8)9)56-57-55(32)44-26-41-37-14-10-12-16-51(37)65-54(41)31-49(44)63(57)50-29-42-38-15-11-13-17-52(38)64-53(42)30-47(50)61-56/h10-31,62H,1-9H3. The molecule has 11 aromatic rings. The maximum absolute atomic E-state index is 6.60. The van der Waals surface area contributed by atoms with Crippen molar-refractivity contribution in [1.29, 1.82) is 0 Å². The molecule has 4 nitrogen and oxygen atoms in total. The van der Waals surface area contributed by atoms with Crippen molar-refractivity contribution in [3.05, 3.63) is 161 Å². The molecule has 0 saturated carbocycles. The highest BCUT2D eigenvalue weighted by Gasteiger charge is 2.38. The number of hydrogen-bond acceptors (Lipinski definition) is 3. The minimum absolute atomic E-state index is 0.0424. The zero-order valence-electron chi connectivity index (χ0n) is 38.5. The lowest BCUT2D eigenvalue weighted by molar-refractivity contribution is 0.584. The van der Waals surface area contributed by atoms with E-state index in [0.717, 1.165) is 71.9 Å². The highest BCUT2D eigenvalue weighted by atomic mass is 16.3. The molecule has 0 bridgehead atoms. The van der Waals surface area contributed by atoms with Crippen molar-refractivity contribution in [2.45, 2.75) is 78.6 Å². The Morgan fingerprint density at radius 3 is 1.86 bits per heavy atom. The molecule has 0 fully saturated rings. The second-order valence-electron chi connectivity index (χ2n) is 21.4. The second kappa shape index (κ2) is 12.8. The van der Waals surface area contributed by atoms with Crippen LogP contribution in [-0.4, -0.2) is 11.8 Å². The van der Waals surface area contributed by atoms with Gasteiger partial charge >= 0.3 is 0 Å². The van der Waals surface area contributed by atoms with Gasteiger partial charge in [0.05, 0.1) is 5.52 Å². The van der Waals surface area contributed by atoms with Crippen LogP contribution in [0.25, 0.3) is 93.6 Å². The quantitative estimate of drug-likeness (QED) is 0.180. The molecule has 4 heterocycles. The van der Waals surface area contributed by atoms with Crippen molar-refractivity contribution >= 4 is 95.3 Å². The first-order valence-corrected chi connectivity index (χ1v) is 23.1.